The van der Waals surface area contributed by atoms with Gasteiger partial charge >= 0.3 is 0 Å². The zero-order valence-corrected chi connectivity index (χ0v) is 14.3. The number of hydrogen-bond donors (Lipinski definition) is 2. The number of aryl methyl sites for hydroxylation is 1. The molecule has 3 rings (SSSR count). The van der Waals surface area contributed by atoms with Crippen LogP contribution < -0.4 is 27.9 Å². The van der Waals surface area contributed by atoms with Gasteiger partial charge in [-0.05, 0) is 19.1 Å². The van der Waals surface area contributed by atoms with Crippen molar-refractivity contribution in [2.75, 3.05) is 36.8 Å². The molecular weight excluding hydrogens is 328 g/mol. The molecule has 0 aliphatic carbocycles. The summed E-state index contributed by atoms with van der Waals surface area (Å²) in [6, 6.07) is 13.7. The number of nitrogens with one attached hydrogen (secondary N) is 1. The molecule has 0 aromatic heterocycles. The lowest BCUT2D eigenvalue weighted by atomic mass is 10.1. The lowest BCUT2D eigenvalue weighted by Crippen LogP contribution is -3.10. The van der Waals surface area contributed by atoms with E-state index in [-0.39, 0.29) is 23.8 Å². The Balaban J connectivity index is 0.00000208. The van der Waals surface area contributed by atoms with Crippen molar-refractivity contribution in [1.29, 1.82) is 0 Å². The van der Waals surface area contributed by atoms with E-state index in [1.165, 1.54) is 10.6 Å². The van der Waals surface area contributed by atoms with Crippen LogP contribution in [0.5, 0.6) is 0 Å². The van der Waals surface area contributed by atoms with Crippen LogP contribution in [0.15, 0.2) is 42.5 Å². The van der Waals surface area contributed by atoms with E-state index in [9.17, 15) is 10.1 Å². The Labute approximate surface area is 147 Å². The van der Waals surface area contributed by atoms with Gasteiger partial charge in [-0.2, -0.15) is 0 Å². The number of quaternary nitrogens is 1. The Hall–Kier alpha value is -2.31. The maximum Gasteiger partial charge on any atom is 0.292 e. The van der Waals surface area contributed by atoms with Crippen molar-refractivity contribution in [2.24, 2.45) is 0 Å². The summed E-state index contributed by atoms with van der Waals surface area (Å²) in [5, 5.41) is 11.0. The number of nitro benzene ring substituents is 1. The monoisotopic (exact) mass is 348 g/mol. The van der Waals surface area contributed by atoms with Gasteiger partial charge in [0.2, 0.25) is 0 Å². The van der Waals surface area contributed by atoms with Crippen molar-refractivity contribution < 1.29 is 22.2 Å². The summed E-state index contributed by atoms with van der Waals surface area (Å²) in [6.45, 7) is 5.73. The second kappa shape index (κ2) is 7.51. The smallest absolute Gasteiger partial charge is 0.292 e. The number of nitrogen functional groups attached to an aromatic ring is 1. The predicted octanol–water partition coefficient (Wildman–Crippen LogP) is -1.47. The summed E-state index contributed by atoms with van der Waals surface area (Å²) < 4.78 is 0. The molecule has 0 atom stereocenters. The lowest BCUT2D eigenvalue weighted by molar-refractivity contribution is -0.833. The molecule has 0 bridgehead atoms. The largest absolute Gasteiger partial charge is 1.00 e. The van der Waals surface area contributed by atoms with Crippen LogP contribution in [0.4, 0.5) is 22.7 Å². The summed E-state index contributed by atoms with van der Waals surface area (Å²) in [7, 11) is 0. The summed E-state index contributed by atoms with van der Waals surface area (Å²) in [5.74, 6) is 0. The Morgan fingerprint density at radius 2 is 1.79 bits per heavy atom. The molecule has 1 fully saturated rings. The van der Waals surface area contributed by atoms with E-state index in [4.69, 9.17) is 5.73 Å². The molecule has 2 aromatic rings. The van der Waals surface area contributed by atoms with Gasteiger partial charge in [-0.1, -0.05) is 18.2 Å². The van der Waals surface area contributed by atoms with Gasteiger partial charge in [0.25, 0.3) is 5.69 Å². The lowest BCUT2D eigenvalue weighted by Gasteiger charge is -2.34. The number of hydrogen-bond acceptors (Lipinski definition) is 4. The van der Waals surface area contributed by atoms with Crippen LogP contribution in [-0.2, 0) is 0 Å². The molecule has 6 nitrogen and oxygen atoms in total. The van der Waals surface area contributed by atoms with Gasteiger partial charge in [0.15, 0.2) is 0 Å². The Morgan fingerprint density at radius 1 is 1.17 bits per heavy atom. The summed E-state index contributed by atoms with van der Waals surface area (Å²) in [4.78, 5) is 14.3. The fourth-order valence-corrected chi connectivity index (χ4v) is 3.19. The Bertz CT molecular complexity index is 716. The molecular formula is C17H21ClN4O2. The highest BCUT2D eigenvalue weighted by molar-refractivity contribution is 5.65. The van der Waals surface area contributed by atoms with Crippen molar-refractivity contribution in [1.82, 2.24) is 0 Å². The zero-order chi connectivity index (χ0) is 16.4. The molecule has 1 aliphatic heterocycles. The van der Waals surface area contributed by atoms with E-state index < -0.39 is 4.92 Å². The molecule has 0 saturated carbocycles. The molecule has 0 amide bonds. The topological polar surface area (TPSA) is 76.8 Å². The summed E-state index contributed by atoms with van der Waals surface area (Å²) in [6.07, 6.45) is 0. The van der Waals surface area contributed by atoms with Gasteiger partial charge < -0.3 is 23.0 Å². The molecule has 0 radical (unpaired) electrons. The number of halogens is 1. The predicted molar refractivity (Wildman–Crippen MR) is 91.3 cm³/mol. The molecule has 7 heteroatoms. The average molecular weight is 349 g/mol. The van der Waals surface area contributed by atoms with Crippen molar-refractivity contribution >= 4 is 22.7 Å². The van der Waals surface area contributed by atoms with Crippen LogP contribution in [0.1, 0.15) is 5.56 Å². The first-order chi connectivity index (χ1) is 11.1. The third-order valence-corrected chi connectivity index (χ3v) is 4.44. The first-order valence-electron chi connectivity index (χ1n) is 7.76. The van der Waals surface area contributed by atoms with Crippen LogP contribution in [0.3, 0.4) is 0 Å². The molecule has 0 unspecified atom stereocenters. The van der Waals surface area contributed by atoms with Crippen molar-refractivity contribution in [2.45, 2.75) is 6.92 Å². The van der Waals surface area contributed by atoms with E-state index >= 15 is 0 Å². The van der Waals surface area contributed by atoms with Crippen molar-refractivity contribution in [3.63, 3.8) is 0 Å². The Morgan fingerprint density at radius 3 is 2.38 bits per heavy atom. The van der Waals surface area contributed by atoms with Gasteiger partial charge in [-0.25, -0.2) is 0 Å². The minimum absolute atomic E-state index is 0. The van der Waals surface area contributed by atoms with Crippen molar-refractivity contribution in [3.8, 4) is 0 Å². The van der Waals surface area contributed by atoms with Gasteiger partial charge in [0.05, 0.1) is 31.1 Å². The molecule has 1 heterocycles. The highest BCUT2D eigenvalue weighted by Gasteiger charge is 2.25. The van der Waals surface area contributed by atoms with E-state index in [2.05, 4.69) is 29.2 Å². The quantitative estimate of drug-likeness (QED) is 0.403. The second-order valence-corrected chi connectivity index (χ2v) is 5.91. The second-order valence-electron chi connectivity index (χ2n) is 5.91. The SMILES string of the molecule is Cc1cc([N+](=O)[O-])c(N)cc1[NH+]1CCN(c2ccccc2)CC1.[Cl-]. The van der Waals surface area contributed by atoms with Gasteiger partial charge in [0, 0.05) is 23.4 Å². The summed E-state index contributed by atoms with van der Waals surface area (Å²) >= 11 is 0. The van der Waals surface area contributed by atoms with Crippen molar-refractivity contribution in [3.05, 3.63) is 58.1 Å². The van der Waals surface area contributed by atoms with Gasteiger partial charge in [-0.15, -0.1) is 0 Å². The average Bonchev–Trinajstić information content (AvgIpc) is 2.57. The number of nitrogens with two attached hydrogens (primary N) is 1. The first kappa shape index (κ1) is 18.0. The van der Waals surface area contributed by atoms with Crippen LogP contribution in [-0.4, -0.2) is 31.1 Å². The minimum atomic E-state index is -0.422. The molecule has 128 valence electrons. The van der Waals surface area contributed by atoms with Crippen LogP contribution in [0.25, 0.3) is 0 Å². The van der Waals surface area contributed by atoms with Crippen LogP contribution in [0, 0.1) is 17.0 Å². The number of nitrogens with zero attached hydrogens (tertiary/aromatic N) is 2. The van der Waals surface area contributed by atoms with Crippen LogP contribution in [0.2, 0.25) is 0 Å². The molecule has 1 aliphatic rings. The fraction of sp³-hybridized carbons (Fsp3) is 0.294. The maximum absolute atomic E-state index is 11.0. The molecule has 1 saturated heterocycles. The number of para-hydroxylation sites is 1. The Kier molecular flexibility index (Phi) is 5.64. The van der Waals surface area contributed by atoms with E-state index in [0.717, 1.165) is 37.4 Å². The van der Waals surface area contributed by atoms with E-state index in [1.54, 1.807) is 12.1 Å². The standard InChI is InChI=1S/C17H20N4O2.ClH/c1-13-11-17(21(22)23)15(18)12-16(13)20-9-7-19(8-10-20)14-5-3-2-4-6-14;/h2-6,11-12H,7-10,18H2,1H3;1H. The third kappa shape index (κ3) is 3.60. The summed E-state index contributed by atoms with van der Waals surface area (Å²) in [5.41, 5.74) is 9.33. The van der Waals surface area contributed by atoms with Gasteiger partial charge in [-0.3, -0.25) is 15.0 Å². The van der Waals surface area contributed by atoms with E-state index in [1.807, 2.05) is 13.0 Å². The molecule has 2 aromatic carbocycles. The maximum atomic E-state index is 11.0. The zero-order valence-electron chi connectivity index (χ0n) is 13.5. The molecule has 0 spiro atoms. The fourth-order valence-electron chi connectivity index (χ4n) is 3.19. The highest BCUT2D eigenvalue weighted by atomic mass is 35.5. The molecule has 24 heavy (non-hydrogen) atoms. The number of nitro groups is 1. The van der Waals surface area contributed by atoms with Gasteiger partial charge in [0.1, 0.15) is 11.4 Å². The minimum Gasteiger partial charge on any atom is -1.00 e. The number of rotatable bonds is 3. The number of benzene rings is 2. The first-order valence-corrected chi connectivity index (χ1v) is 7.76. The van der Waals surface area contributed by atoms with E-state index in [0.29, 0.717) is 0 Å². The number of anilines is 2. The normalized spacial score (nSPS) is 15.0. The highest BCUT2D eigenvalue weighted by Crippen LogP contribution is 2.26. The molecule has 3 N–H and O–H groups in total. The third-order valence-electron chi connectivity index (χ3n) is 4.44. The number of piperazine rings is 1. The van der Waals surface area contributed by atoms with Crippen LogP contribution >= 0.6 is 0 Å².